The number of hydrogen-bond donors (Lipinski definition) is 0. The van der Waals surface area contributed by atoms with E-state index >= 15 is 0 Å². The molecule has 1 aromatic carbocycles. The molecule has 0 N–H and O–H groups in total. The molecule has 0 fully saturated rings. The first-order valence-electron chi connectivity index (χ1n) is 5.22. The van der Waals surface area contributed by atoms with Crippen molar-refractivity contribution < 1.29 is 0 Å². The molecule has 1 heteroatoms. The maximum atomic E-state index is 3.74. The Morgan fingerprint density at radius 3 is 2.50 bits per heavy atom. The maximum Gasteiger partial charge on any atom is 0.00723 e. The van der Waals surface area contributed by atoms with E-state index in [1.165, 1.54) is 35.5 Å². The third-order valence-electron chi connectivity index (χ3n) is 2.13. The molecule has 0 nitrogen and oxygen atoms in total. The van der Waals surface area contributed by atoms with Crippen molar-refractivity contribution in [3.8, 4) is 0 Å². The van der Waals surface area contributed by atoms with Crippen LogP contribution in [0.5, 0.6) is 0 Å². The van der Waals surface area contributed by atoms with Crippen LogP contribution >= 0.6 is 11.8 Å². The largest absolute Gasteiger partial charge is 0.126 e. The fourth-order valence-electron chi connectivity index (χ4n) is 1.24. The Morgan fingerprint density at radius 1 is 1.21 bits per heavy atom. The fraction of sp³-hybridized carbons (Fsp3) is 0.385. The standard InChI is InChI=1S/C13H18S/c1-3-5-6-11-14-13-9-7-12(4-2)8-10-13/h4,7-10H,2-3,5-6,11H2,1H3. The second-order valence-corrected chi connectivity index (χ2v) is 4.50. The Kier molecular flexibility index (Phi) is 5.46. The lowest BCUT2D eigenvalue weighted by Crippen LogP contribution is -1.80. The molecule has 14 heavy (non-hydrogen) atoms. The molecule has 0 amide bonds. The molecule has 0 heterocycles. The van der Waals surface area contributed by atoms with Crippen LogP contribution in [0.25, 0.3) is 6.08 Å². The first-order chi connectivity index (χ1) is 6.86. The van der Waals surface area contributed by atoms with E-state index in [1.807, 2.05) is 17.8 Å². The number of unbranched alkanes of at least 4 members (excludes halogenated alkanes) is 2. The van der Waals surface area contributed by atoms with Crippen LogP contribution in [0, 0.1) is 0 Å². The van der Waals surface area contributed by atoms with E-state index in [1.54, 1.807) is 0 Å². The normalized spacial score (nSPS) is 10.1. The monoisotopic (exact) mass is 206 g/mol. The van der Waals surface area contributed by atoms with Crippen molar-refractivity contribution in [3.05, 3.63) is 36.4 Å². The second-order valence-electron chi connectivity index (χ2n) is 3.33. The molecule has 0 spiro atoms. The molecule has 1 aromatic rings. The Hall–Kier alpha value is -0.690. The van der Waals surface area contributed by atoms with Crippen LogP contribution < -0.4 is 0 Å². The van der Waals surface area contributed by atoms with Crippen molar-refractivity contribution in [2.75, 3.05) is 5.75 Å². The topological polar surface area (TPSA) is 0 Å². The summed E-state index contributed by atoms with van der Waals surface area (Å²) in [5.74, 6) is 1.24. The maximum absolute atomic E-state index is 3.74. The van der Waals surface area contributed by atoms with Gasteiger partial charge in [-0.05, 0) is 29.9 Å². The number of benzene rings is 1. The van der Waals surface area contributed by atoms with E-state index in [4.69, 9.17) is 0 Å². The lowest BCUT2D eigenvalue weighted by atomic mass is 10.2. The van der Waals surface area contributed by atoms with Gasteiger partial charge in [-0.25, -0.2) is 0 Å². The average Bonchev–Trinajstić information content (AvgIpc) is 2.25. The van der Waals surface area contributed by atoms with Gasteiger partial charge >= 0.3 is 0 Å². The molecular formula is C13H18S. The predicted octanol–water partition coefficient (Wildman–Crippen LogP) is 4.61. The summed E-state index contributed by atoms with van der Waals surface area (Å²) in [6.07, 6.45) is 5.85. The van der Waals surface area contributed by atoms with Crippen molar-refractivity contribution in [2.45, 2.75) is 31.1 Å². The van der Waals surface area contributed by atoms with Crippen LogP contribution in [0.2, 0.25) is 0 Å². The van der Waals surface area contributed by atoms with Crippen molar-refractivity contribution in [2.24, 2.45) is 0 Å². The van der Waals surface area contributed by atoms with E-state index in [9.17, 15) is 0 Å². The molecule has 0 aliphatic heterocycles. The van der Waals surface area contributed by atoms with E-state index in [0.717, 1.165) is 0 Å². The zero-order chi connectivity index (χ0) is 10.2. The molecule has 0 aromatic heterocycles. The summed E-state index contributed by atoms with van der Waals surface area (Å²) in [4.78, 5) is 1.37. The summed E-state index contributed by atoms with van der Waals surface area (Å²) in [5, 5.41) is 0. The summed E-state index contributed by atoms with van der Waals surface area (Å²) >= 11 is 1.95. The van der Waals surface area contributed by atoms with Gasteiger partial charge < -0.3 is 0 Å². The van der Waals surface area contributed by atoms with Crippen molar-refractivity contribution in [1.29, 1.82) is 0 Å². The minimum absolute atomic E-state index is 1.20. The number of hydrogen-bond acceptors (Lipinski definition) is 1. The van der Waals surface area contributed by atoms with Crippen LogP contribution in [0.15, 0.2) is 35.7 Å². The van der Waals surface area contributed by atoms with Crippen molar-refractivity contribution in [1.82, 2.24) is 0 Å². The Bertz CT molecular complexity index is 261. The van der Waals surface area contributed by atoms with Crippen LogP contribution in [0.1, 0.15) is 31.7 Å². The highest BCUT2D eigenvalue weighted by Gasteiger charge is 1.93. The minimum Gasteiger partial charge on any atom is -0.126 e. The molecule has 76 valence electrons. The van der Waals surface area contributed by atoms with Crippen LogP contribution in [-0.4, -0.2) is 5.75 Å². The van der Waals surface area contributed by atoms with Gasteiger partial charge in [-0.1, -0.05) is 44.6 Å². The van der Waals surface area contributed by atoms with Gasteiger partial charge in [0.25, 0.3) is 0 Å². The lowest BCUT2D eigenvalue weighted by molar-refractivity contribution is 0.778. The summed E-state index contributed by atoms with van der Waals surface area (Å²) in [5.41, 5.74) is 1.20. The summed E-state index contributed by atoms with van der Waals surface area (Å²) < 4.78 is 0. The van der Waals surface area contributed by atoms with Gasteiger partial charge in [0.1, 0.15) is 0 Å². The highest BCUT2D eigenvalue weighted by atomic mass is 32.2. The van der Waals surface area contributed by atoms with Gasteiger partial charge in [0, 0.05) is 4.90 Å². The van der Waals surface area contributed by atoms with E-state index in [0.29, 0.717) is 0 Å². The molecule has 0 aliphatic rings. The SMILES string of the molecule is C=Cc1ccc(SCCCCC)cc1. The fourth-order valence-corrected chi connectivity index (χ4v) is 2.15. The Morgan fingerprint density at radius 2 is 1.93 bits per heavy atom. The van der Waals surface area contributed by atoms with E-state index in [2.05, 4.69) is 37.8 Å². The summed E-state index contributed by atoms with van der Waals surface area (Å²) in [6.45, 7) is 5.98. The van der Waals surface area contributed by atoms with Gasteiger partial charge in [0.15, 0.2) is 0 Å². The predicted molar refractivity (Wildman–Crippen MR) is 66.8 cm³/mol. The Balaban J connectivity index is 2.32. The van der Waals surface area contributed by atoms with Crippen LogP contribution in [0.3, 0.4) is 0 Å². The van der Waals surface area contributed by atoms with Gasteiger partial charge in [-0.15, -0.1) is 11.8 Å². The highest BCUT2D eigenvalue weighted by Crippen LogP contribution is 2.20. The zero-order valence-electron chi connectivity index (χ0n) is 8.83. The first-order valence-corrected chi connectivity index (χ1v) is 6.20. The average molecular weight is 206 g/mol. The van der Waals surface area contributed by atoms with Gasteiger partial charge in [0.2, 0.25) is 0 Å². The van der Waals surface area contributed by atoms with Crippen molar-refractivity contribution >= 4 is 17.8 Å². The molecule has 0 bridgehead atoms. The summed E-state index contributed by atoms with van der Waals surface area (Å²) in [7, 11) is 0. The third-order valence-corrected chi connectivity index (χ3v) is 3.23. The van der Waals surface area contributed by atoms with Crippen LogP contribution in [-0.2, 0) is 0 Å². The first kappa shape index (κ1) is 11.4. The highest BCUT2D eigenvalue weighted by molar-refractivity contribution is 7.99. The minimum atomic E-state index is 1.20. The molecule has 0 unspecified atom stereocenters. The van der Waals surface area contributed by atoms with Gasteiger partial charge in [0.05, 0.1) is 0 Å². The van der Waals surface area contributed by atoms with Gasteiger partial charge in [-0.3, -0.25) is 0 Å². The molecule has 0 aliphatic carbocycles. The molecular weight excluding hydrogens is 188 g/mol. The molecule has 0 saturated carbocycles. The van der Waals surface area contributed by atoms with E-state index in [-0.39, 0.29) is 0 Å². The molecule has 0 radical (unpaired) electrons. The zero-order valence-corrected chi connectivity index (χ0v) is 9.65. The number of thioether (sulfide) groups is 1. The smallest absolute Gasteiger partial charge is 0.00723 e. The van der Waals surface area contributed by atoms with E-state index < -0.39 is 0 Å². The van der Waals surface area contributed by atoms with Crippen LogP contribution in [0.4, 0.5) is 0 Å². The molecule has 0 saturated heterocycles. The molecule has 1 rings (SSSR count). The number of rotatable bonds is 6. The Labute approximate surface area is 91.4 Å². The summed E-state index contributed by atoms with van der Waals surface area (Å²) in [6, 6.07) is 8.59. The van der Waals surface area contributed by atoms with Crippen molar-refractivity contribution in [3.63, 3.8) is 0 Å². The molecule has 0 atom stereocenters. The lowest BCUT2D eigenvalue weighted by Gasteiger charge is -2.01. The quantitative estimate of drug-likeness (QED) is 0.484. The third kappa shape index (κ3) is 4.01. The second kappa shape index (κ2) is 6.72. The van der Waals surface area contributed by atoms with Gasteiger partial charge in [-0.2, -0.15) is 0 Å².